The molecule has 2 aromatic carbocycles. The highest BCUT2D eigenvalue weighted by Gasteiger charge is 2.35. The largest absolute Gasteiger partial charge is 0.376 e. The molecule has 2 aliphatic heterocycles. The van der Waals surface area contributed by atoms with Gasteiger partial charge in [0.25, 0.3) is 5.91 Å². The number of fused-ring (bicyclic) bond motifs is 1. The van der Waals surface area contributed by atoms with Gasteiger partial charge in [-0.25, -0.2) is 8.78 Å². The van der Waals surface area contributed by atoms with Crippen molar-refractivity contribution in [3.8, 4) is 0 Å². The van der Waals surface area contributed by atoms with Crippen LogP contribution in [0.1, 0.15) is 34.9 Å². The molecule has 0 radical (unpaired) electrons. The molecular weight excluding hydrogens is 326 g/mol. The maximum atomic E-state index is 13.7. The van der Waals surface area contributed by atoms with Gasteiger partial charge in [0.05, 0.1) is 11.7 Å². The first-order chi connectivity index (χ1) is 12.1. The zero-order valence-corrected chi connectivity index (χ0v) is 13.5. The second-order valence-electron chi connectivity index (χ2n) is 6.36. The van der Waals surface area contributed by atoms with Crippen molar-refractivity contribution in [2.45, 2.75) is 25.1 Å². The topological polar surface area (TPSA) is 41.6 Å². The van der Waals surface area contributed by atoms with Crippen molar-refractivity contribution in [1.82, 2.24) is 4.90 Å². The molecule has 2 atom stereocenters. The highest BCUT2D eigenvalue weighted by atomic mass is 19.2. The van der Waals surface area contributed by atoms with Crippen molar-refractivity contribution in [2.75, 3.05) is 18.5 Å². The summed E-state index contributed by atoms with van der Waals surface area (Å²) in [6.45, 7) is 1.09. The quantitative estimate of drug-likeness (QED) is 0.923. The Labute approximate surface area is 144 Å². The van der Waals surface area contributed by atoms with Gasteiger partial charge in [0, 0.05) is 18.8 Å². The SMILES string of the molecule is O=C1c2ccccc2N[C@@H](c2ccc(F)c(F)c2)N1C[C@@H]1CCCO1. The molecule has 0 aliphatic carbocycles. The van der Waals surface area contributed by atoms with Crippen LogP contribution >= 0.6 is 0 Å². The molecule has 1 fully saturated rings. The van der Waals surface area contributed by atoms with Crippen molar-refractivity contribution in [3.63, 3.8) is 0 Å². The van der Waals surface area contributed by atoms with Gasteiger partial charge in [-0.3, -0.25) is 4.79 Å². The molecule has 2 heterocycles. The number of hydrogen-bond donors (Lipinski definition) is 1. The minimum absolute atomic E-state index is 0.0381. The molecule has 1 amide bonds. The van der Waals surface area contributed by atoms with Gasteiger partial charge in [-0.05, 0) is 42.7 Å². The van der Waals surface area contributed by atoms with Crippen LogP contribution in [0, 0.1) is 11.6 Å². The third-order valence-electron chi connectivity index (χ3n) is 4.71. The van der Waals surface area contributed by atoms with Crippen molar-refractivity contribution >= 4 is 11.6 Å². The smallest absolute Gasteiger partial charge is 0.257 e. The van der Waals surface area contributed by atoms with Crippen molar-refractivity contribution < 1.29 is 18.3 Å². The fourth-order valence-electron chi connectivity index (χ4n) is 3.43. The lowest BCUT2D eigenvalue weighted by Gasteiger charge is -2.39. The molecule has 4 nitrogen and oxygen atoms in total. The maximum absolute atomic E-state index is 13.7. The van der Waals surface area contributed by atoms with E-state index in [4.69, 9.17) is 4.74 Å². The van der Waals surface area contributed by atoms with Crippen molar-refractivity contribution in [1.29, 1.82) is 0 Å². The second kappa shape index (κ2) is 6.44. The fourth-order valence-corrected chi connectivity index (χ4v) is 3.43. The monoisotopic (exact) mass is 344 g/mol. The molecule has 4 rings (SSSR count). The van der Waals surface area contributed by atoms with Crippen LogP contribution in [0.25, 0.3) is 0 Å². The van der Waals surface area contributed by atoms with Crippen LogP contribution in [0.3, 0.4) is 0 Å². The first-order valence-electron chi connectivity index (χ1n) is 8.36. The van der Waals surface area contributed by atoms with Crippen LogP contribution < -0.4 is 5.32 Å². The van der Waals surface area contributed by atoms with Gasteiger partial charge in [0.1, 0.15) is 6.17 Å². The number of ether oxygens (including phenoxy) is 1. The average Bonchev–Trinajstić information content (AvgIpc) is 3.13. The molecule has 2 aromatic rings. The van der Waals surface area contributed by atoms with Gasteiger partial charge in [-0.15, -0.1) is 0 Å². The molecular formula is C19H18F2N2O2. The summed E-state index contributed by atoms with van der Waals surface area (Å²) < 4.78 is 32.7. The van der Waals surface area contributed by atoms with E-state index in [0.717, 1.165) is 25.0 Å². The average molecular weight is 344 g/mol. The number of carbonyl (C=O) groups excluding carboxylic acids is 1. The molecule has 0 unspecified atom stereocenters. The summed E-state index contributed by atoms with van der Waals surface area (Å²) in [5.74, 6) is -1.97. The Kier molecular flexibility index (Phi) is 4.13. The Hall–Kier alpha value is -2.47. The van der Waals surface area contributed by atoms with Crippen LogP contribution in [0.15, 0.2) is 42.5 Å². The summed E-state index contributed by atoms with van der Waals surface area (Å²) in [5.41, 5.74) is 1.75. The molecule has 1 N–H and O–H groups in total. The van der Waals surface area contributed by atoms with Crippen LogP contribution in [-0.2, 0) is 4.74 Å². The number of hydrogen-bond acceptors (Lipinski definition) is 3. The molecule has 0 aromatic heterocycles. The third kappa shape index (κ3) is 2.98. The van der Waals surface area contributed by atoms with Gasteiger partial charge < -0.3 is 15.0 Å². The van der Waals surface area contributed by atoms with E-state index in [1.807, 2.05) is 12.1 Å². The number of anilines is 1. The minimum atomic E-state index is -0.928. The molecule has 0 spiro atoms. The second-order valence-corrected chi connectivity index (χ2v) is 6.36. The molecule has 1 saturated heterocycles. The van der Waals surface area contributed by atoms with Gasteiger partial charge in [-0.1, -0.05) is 18.2 Å². The fraction of sp³-hybridized carbons (Fsp3) is 0.316. The summed E-state index contributed by atoms with van der Waals surface area (Å²) in [7, 11) is 0. The molecule has 0 bridgehead atoms. The third-order valence-corrected chi connectivity index (χ3v) is 4.71. The Morgan fingerprint density at radius 3 is 2.76 bits per heavy atom. The molecule has 2 aliphatic rings. The summed E-state index contributed by atoms with van der Waals surface area (Å²) in [6.07, 6.45) is 1.24. The van der Waals surface area contributed by atoms with E-state index in [-0.39, 0.29) is 12.0 Å². The van der Waals surface area contributed by atoms with Gasteiger partial charge in [0.15, 0.2) is 11.6 Å². The Bertz CT molecular complexity index is 806. The maximum Gasteiger partial charge on any atom is 0.257 e. The van der Waals surface area contributed by atoms with Crippen LogP contribution in [-0.4, -0.2) is 30.1 Å². The van der Waals surface area contributed by atoms with Crippen LogP contribution in [0.4, 0.5) is 14.5 Å². The van der Waals surface area contributed by atoms with Gasteiger partial charge >= 0.3 is 0 Å². The van der Waals surface area contributed by atoms with E-state index in [0.29, 0.717) is 30.0 Å². The minimum Gasteiger partial charge on any atom is -0.376 e. The molecule has 25 heavy (non-hydrogen) atoms. The normalized spacial score (nSPS) is 22.6. The highest BCUT2D eigenvalue weighted by molar-refractivity contribution is 6.01. The Balaban J connectivity index is 1.72. The van der Waals surface area contributed by atoms with Crippen molar-refractivity contribution in [2.24, 2.45) is 0 Å². The predicted molar refractivity (Wildman–Crippen MR) is 89.2 cm³/mol. The standard InChI is InChI=1S/C19H18F2N2O2/c20-15-8-7-12(10-16(15)21)18-22-17-6-2-1-5-14(17)19(24)23(18)11-13-4-3-9-25-13/h1-2,5-8,10,13,18,22H,3-4,9,11H2/t13-,18+/m0/s1. The van der Waals surface area contributed by atoms with E-state index in [1.54, 1.807) is 17.0 Å². The summed E-state index contributed by atoms with van der Waals surface area (Å²) in [4.78, 5) is 14.6. The first kappa shape index (κ1) is 16.0. The lowest BCUT2D eigenvalue weighted by molar-refractivity contribution is 0.0426. The predicted octanol–water partition coefficient (Wildman–Crippen LogP) is 3.71. The number of amides is 1. The van der Waals surface area contributed by atoms with E-state index in [9.17, 15) is 13.6 Å². The zero-order chi connectivity index (χ0) is 17.4. The van der Waals surface area contributed by atoms with E-state index < -0.39 is 17.8 Å². The Morgan fingerprint density at radius 1 is 1.16 bits per heavy atom. The van der Waals surface area contributed by atoms with Crippen LogP contribution in [0.5, 0.6) is 0 Å². The highest BCUT2D eigenvalue weighted by Crippen LogP contribution is 2.34. The van der Waals surface area contributed by atoms with Crippen LogP contribution in [0.2, 0.25) is 0 Å². The molecule has 6 heteroatoms. The van der Waals surface area contributed by atoms with Gasteiger partial charge in [0.2, 0.25) is 0 Å². The number of nitrogens with zero attached hydrogens (tertiary/aromatic N) is 1. The first-order valence-corrected chi connectivity index (χ1v) is 8.36. The number of halogens is 2. The summed E-state index contributed by atoms with van der Waals surface area (Å²) in [6, 6.07) is 10.9. The lowest BCUT2D eigenvalue weighted by atomic mass is 10.0. The van der Waals surface area contributed by atoms with E-state index >= 15 is 0 Å². The lowest BCUT2D eigenvalue weighted by Crippen LogP contribution is -2.46. The number of benzene rings is 2. The van der Waals surface area contributed by atoms with Gasteiger partial charge in [-0.2, -0.15) is 0 Å². The molecule has 0 saturated carbocycles. The summed E-state index contributed by atoms with van der Waals surface area (Å²) in [5, 5.41) is 3.27. The molecule has 130 valence electrons. The number of nitrogens with one attached hydrogen (secondary N) is 1. The van der Waals surface area contributed by atoms with Crippen molar-refractivity contribution in [3.05, 3.63) is 65.2 Å². The number of para-hydroxylation sites is 1. The number of rotatable bonds is 3. The Morgan fingerprint density at radius 2 is 2.00 bits per heavy atom. The van der Waals surface area contributed by atoms with E-state index in [1.165, 1.54) is 6.07 Å². The summed E-state index contributed by atoms with van der Waals surface area (Å²) >= 11 is 0. The van der Waals surface area contributed by atoms with E-state index in [2.05, 4.69) is 5.32 Å². The zero-order valence-electron chi connectivity index (χ0n) is 13.5. The number of carbonyl (C=O) groups is 1.